The molecule has 56 heavy (non-hydrogen) atoms. The number of para-hydroxylation sites is 2. The predicted octanol–water partition coefficient (Wildman–Crippen LogP) is 12.2. The third-order valence-electron chi connectivity index (χ3n) is 11.1. The molecule has 5 nitrogen and oxygen atoms in total. The molecule has 0 spiro atoms. The monoisotopic (exact) mass is 931 g/mol. The van der Waals surface area contributed by atoms with Gasteiger partial charge in [-0.2, -0.15) is 0 Å². The molecule has 1 radical (unpaired) electrons. The van der Waals surface area contributed by atoms with E-state index in [9.17, 15) is 0 Å². The van der Waals surface area contributed by atoms with E-state index in [4.69, 9.17) is 14.4 Å². The average Bonchev–Trinajstić information content (AvgIpc) is 3.73. The van der Waals surface area contributed by atoms with E-state index in [1.54, 1.807) is 10.8 Å². The third kappa shape index (κ3) is 7.95. The van der Waals surface area contributed by atoms with Crippen molar-refractivity contribution in [2.24, 2.45) is 5.92 Å². The van der Waals surface area contributed by atoms with Crippen LogP contribution >= 0.6 is 0 Å². The molecule has 287 valence electrons. The molecule has 1 fully saturated rings. The normalized spacial score (nSPS) is 13.5. The summed E-state index contributed by atoms with van der Waals surface area (Å²) in [6.07, 6.45) is 10.5. The smallest absolute Gasteiger partial charge is 0.216 e. The average molecular weight is 931 g/mol. The van der Waals surface area contributed by atoms with Crippen LogP contribution in [-0.4, -0.2) is 27.6 Å². The molecule has 1 aliphatic rings. The van der Waals surface area contributed by atoms with Gasteiger partial charge in [0.2, 0.25) is 5.71 Å². The summed E-state index contributed by atoms with van der Waals surface area (Å²) in [6, 6.07) is 38.0. The molecule has 1 aliphatic carbocycles. The van der Waals surface area contributed by atoms with Gasteiger partial charge in [0.1, 0.15) is 0 Å². The van der Waals surface area contributed by atoms with Gasteiger partial charge in [0.15, 0.2) is 0 Å². The number of furan rings is 1. The molecule has 4 aromatic carbocycles. The Balaban J connectivity index is 0.000000178. The summed E-state index contributed by atoms with van der Waals surface area (Å²) < 4.78 is 8.54. The van der Waals surface area contributed by atoms with Crippen LogP contribution in [0.5, 0.6) is 0 Å². The first kappa shape index (κ1) is 39.5. The second-order valence-corrected chi connectivity index (χ2v) is 21.5. The van der Waals surface area contributed by atoms with Crippen LogP contribution in [0.1, 0.15) is 60.1 Å². The van der Waals surface area contributed by atoms with Gasteiger partial charge >= 0.3 is 0 Å². The van der Waals surface area contributed by atoms with Gasteiger partial charge in [-0.05, 0) is 86.3 Å². The van der Waals surface area contributed by atoms with Crippen molar-refractivity contribution >= 4 is 46.4 Å². The Kier molecular flexibility index (Phi) is 11.6. The van der Waals surface area contributed by atoms with Crippen LogP contribution in [0.3, 0.4) is 0 Å². The number of benzene rings is 4. The first-order chi connectivity index (χ1) is 26.5. The largest absolute Gasteiger partial charge is 0.486 e. The number of hydrogen-bond acceptors (Lipinski definition) is 4. The van der Waals surface area contributed by atoms with E-state index in [-0.39, 0.29) is 20.1 Å². The summed E-state index contributed by atoms with van der Waals surface area (Å²) in [7, 11) is -1.36. The molecule has 0 amide bonds. The molecule has 0 N–H and O–H groups in total. The SMILES string of the molecule is C[Si](C)(C)c1cnc(-c2[c-]cccc2)cc1CC1CCCCC1.Cc1cc(C)c(-n2c(-c3[c-]ccc4c3oc3nc(C)ccc34)nc3ccccc32)c(C)c1.[Ir]. The van der Waals surface area contributed by atoms with Gasteiger partial charge in [-0.15, -0.1) is 54.1 Å². The van der Waals surface area contributed by atoms with Crippen molar-refractivity contribution in [1.82, 2.24) is 19.5 Å². The molecule has 1 saturated carbocycles. The Labute approximate surface area is 346 Å². The van der Waals surface area contributed by atoms with E-state index in [1.165, 1.54) is 55.2 Å². The zero-order chi connectivity index (χ0) is 38.3. The Morgan fingerprint density at radius 1 is 0.786 bits per heavy atom. The fourth-order valence-corrected chi connectivity index (χ4v) is 10.2. The van der Waals surface area contributed by atoms with Crippen LogP contribution in [-0.2, 0) is 26.5 Å². The molecule has 0 aliphatic heterocycles. The van der Waals surface area contributed by atoms with Crippen LogP contribution in [0, 0.1) is 45.7 Å². The molecule has 0 atom stereocenters. The molecular weight excluding hydrogens is 881 g/mol. The van der Waals surface area contributed by atoms with Gasteiger partial charge in [-0.3, -0.25) is 4.98 Å². The van der Waals surface area contributed by atoms with E-state index in [1.807, 2.05) is 43.3 Å². The fraction of sp³-hybridized carbons (Fsp3) is 0.286. The number of hydrogen-bond donors (Lipinski definition) is 0. The topological polar surface area (TPSA) is 56.7 Å². The first-order valence-electron chi connectivity index (χ1n) is 19.8. The standard InChI is InChI=1S/C28H22N3O.C21H28NSi.Ir/c1-16-14-17(2)25(18(3)15-16)31-24-11-6-5-10-23(24)30-27(31)22-9-7-8-20-21-13-12-19(4)29-28(21)32-26(20)22;1-23(2,3)21-16-22-20(18-12-8-5-9-13-18)15-19(21)14-17-10-6-4-7-11-17;/h5-8,10-15H,1-4H3;5,8-9,12,15-17H,4,6-7,10-11,14H2,1-3H3;/q2*-1;. The fourth-order valence-electron chi connectivity index (χ4n) is 8.57. The van der Waals surface area contributed by atoms with Crippen LogP contribution in [0.25, 0.3) is 61.4 Å². The van der Waals surface area contributed by atoms with Crippen molar-refractivity contribution in [1.29, 1.82) is 0 Å². The second kappa shape index (κ2) is 16.4. The Morgan fingerprint density at radius 3 is 2.27 bits per heavy atom. The van der Waals surface area contributed by atoms with Crippen LogP contribution in [0.15, 0.2) is 102 Å². The van der Waals surface area contributed by atoms with Gasteiger partial charge in [0, 0.05) is 43.1 Å². The van der Waals surface area contributed by atoms with E-state index in [0.29, 0.717) is 5.71 Å². The third-order valence-corrected chi connectivity index (χ3v) is 13.2. The minimum absolute atomic E-state index is 0. The van der Waals surface area contributed by atoms with Gasteiger partial charge in [0.05, 0.1) is 30.5 Å². The number of aryl methyl sites for hydroxylation is 4. The molecule has 4 heterocycles. The Bertz CT molecular complexity index is 2620. The molecule has 4 aromatic heterocycles. The Morgan fingerprint density at radius 2 is 1.54 bits per heavy atom. The quantitative estimate of drug-likeness (QED) is 0.123. The van der Waals surface area contributed by atoms with Crippen molar-refractivity contribution in [3.8, 4) is 28.3 Å². The van der Waals surface area contributed by atoms with Crippen LogP contribution in [0.4, 0.5) is 0 Å². The molecule has 9 rings (SSSR count). The van der Waals surface area contributed by atoms with Crippen molar-refractivity contribution in [2.45, 2.75) is 85.9 Å². The maximum absolute atomic E-state index is 6.29. The minimum atomic E-state index is -1.36. The molecule has 0 saturated heterocycles. The van der Waals surface area contributed by atoms with Gasteiger partial charge in [-0.25, -0.2) is 4.98 Å². The summed E-state index contributed by atoms with van der Waals surface area (Å²) in [6.45, 7) is 15.7. The molecule has 8 aromatic rings. The number of imidazole rings is 1. The molecule has 0 unspecified atom stereocenters. The van der Waals surface area contributed by atoms with E-state index in [0.717, 1.165) is 67.3 Å². The maximum atomic E-state index is 6.29. The number of aromatic nitrogens is 4. The summed E-state index contributed by atoms with van der Waals surface area (Å²) in [5, 5.41) is 3.58. The van der Waals surface area contributed by atoms with Gasteiger partial charge in [0.25, 0.3) is 0 Å². The molecule has 7 heteroatoms. The van der Waals surface area contributed by atoms with Crippen molar-refractivity contribution < 1.29 is 24.5 Å². The van der Waals surface area contributed by atoms with Crippen molar-refractivity contribution in [3.05, 3.63) is 137 Å². The number of pyridine rings is 2. The molecular formula is C49H50IrN4OSi-2. The zero-order valence-electron chi connectivity index (χ0n) is 33.6. The van der Waals surface area contributed by atoms with Crippen LogP contribution < -0.4 is 5.19 Å². The van der Waals surface area contributed by atoms with Crippen molar-refractivity contribution in [3.63, 3.8) is 0 Å². The molecule has 0 bridgehead atoms. The first-order valence-corrected chi connectivity index (χ1v) is 23.3. The summed E-state index contributed by atoms with van der Waals surface area (Å²) in [4.78, 5) is 14.4. The summed E-state index contributed by atoms with van der Waals surface area (Å²) >= 11 is 0. The summed E-state index contributed by atoms with van der Waals surface area (Å²) in [5.74, 6) is 1.69. The number of rotatable bonds is 6. The zero-order valence-corrected chi connectivity index (χ0v) is 37.0. The number of nitrogens with zero attached hydrogens (tertiary/aromatic N) is 4. The Hall–Kier alpha value is -4.68. The van der Waals surface area contributed by atoms with E-state index >= 15 is 0 Å². The van der Waals surface area contributed by atoms with E-state index in [2.05, 4.69) is 123 Å². The predicted molar refractivity (Wildman–Crippen MR) is 231 cm³/mol. The van der Waals surface area contributed by atoms with E-state index < -0.39 is 8.07 Å². The minimum Gasteiger partial charge on any atom is -0.486 e. The number of fused-ring (bicyclic) bond motifs is 4. The van der Waals surface area contributed by atoms with Gasteiger partial charge < -0.3 is 14.0 Å². The van der Waals surface area contributed by atoms with Crippen LogP contribution in [0.2, 0.25) is 19.6 Å². The van der Waals surface area contributed by atoms with Crippen molar-refractivity contribution in [2.75, 3.05) is 0 Å². The second-order valence-electron chi connectivity index (χ2n) is 16.5. The maximum Gasteiger partial charge on any atom is 0.216 e. The van der Waals surface area contributed by atoms with Gasteiger partial charge in [-0.1, -0.05) is 104 Å². The summed E-state index contributed by atoms with van der Waals surface area (Å²) in [5.41, 5.74) is 13.8.